The number of fused-ring (bicyclic) bond motifs is 2. The molecule has 34 heavy (non-hydrogen) atoms. The minimum absolute atomic E-state index is 0.175. The van der Waals surface area contributed by atoms with Crippen LogP contribution in [0.5, 0.6) is 5.75 Å². The first-order valence-corrected chi connectivity index (χ1v) is 10.4. The molecule has 0 atom stereocenters. The van der Waals surface area contributed by atoms with Gasteiger partial charge in [-0.05, 0) is 48.0 Å². The van der Waals surface area contributed by atoms with E-state index in [9.17, 15) is 18.4 Å². The van der Waals surface area contributed by atoms with Gasteiger partial charge < -0.3 is 18.8 Å². The summed E-state index contributed by atoms with van der Waals surface area (Å²) >= 11 is 0. The first-order valence-electron chi connectivity index (χ1n) is 10.4. The van der Waals surface area contributed by atoms with Crippen LogP contribution in [-0.2, 0) is 12.6 Å². The van der Waals surface area contributed by atoms with E-state index < -0.39 is 11.7 Å². The molecule has 0 saturated carbocycles. The Hall–Kier alpha value is -4.27. The predicted molar refractivity (Wildman–Crippen MR) is 118 cm³/mol. The highest BCUT2D eigenvalue weighted by Gasteiger charge is 2.30. The Morgan fingerprint density at radius 1 is 1.03 bits per heavy atom. The smallest absolute Gasteiger partial charge is 0.416 e. The van der Waals surface area contributed by atoms with Gasteiger partial charge in [-0.1, -0.05) is 23.4 Å². The van der Waals surface area contributed by atoms with Gasteiger partial charge in [-0.25, -0.2) is 4.98 Å². The molecule has 0 saturated heterocycles. The van der Waals surface area contributed by atoms with E-state index in [1.54, 1.807) is 36.7 Å². The average Bonchev–Trinajstić information content (AvgIpc) is 3.31. The van der Waals surface area contributed by atoms with Crippen molar-refractivity contribution < 1.29 is 27.5 Å². The van der Waals surface area contributed by atoms with E-state index >= 15 is 0 Å². The van der Waals surface area contributed by atoms with Crippen LogP contribution in [0.15, 0.2) is 88.8 Å². The molecule has 0 aliphatic heterocycles. The number of halogens is 3. The van der Waals surface area contributed by atoms with Crippen LogP contribution in [0.4, 0.5) is 13.2 Å². The lowest BCUT2D eigenvalue weighted by molar-refractivity contribution is -0.137. The summed E-state index contributed by atoms with van der Waals surface area (Å²) in [4.78, 5) is 4.39. The molecule has 0 bridgehead atoms. The molecule has 2 aromatic carbocycles. The van der Waals surface area contributed by atoms with E-state index in [2.05, 4.69) is 10.1 Å². The summed E-state index contributed by atoms with van der Waals surface area (Å²) in [6.45, 7) is 0.175. The van der Waals surface area contributed by atoms with E-state index in [1.165, 1.54) is 6.07 Å². The van der Waals surface area contributed by atoms with Gasteiger partial charge in [0, 0.05) is 24.2 Å². The van der Waals surface area contributed by atoms with Gasteiger partial charge in [-0.15, -0.1) is 0 Å². The molecule has 0 unspecified atom stereocenters. The number of alkyl halides is 3. The van der Waals surface area contributed by atoms with Crippen molar-refractivity contribution >= 4 is 16.5 Å². The Balaban J connectivity index is 1.37. The molecule has 5 aromatic rings. The molecule has 172 valence electrons. The van der Waals surface area contributed by atoms with Crippen LogP contribution < -0.4 is 10.1 Å². The fourth-order valence-corrected chi connectivity index (χ4v) is 3.71. The maximum atomic E-state index is 12.9. The molecule has 5 rings (SSSR count). The molecular weight excluding hydrogens is 447 g/mol. The van der Waals surface area contributed by atoms with Gasteiger partial charge >= 0.3 is 6.18 Å². The third-order valence-electron chi connectivity index (χ3n) is 5.41. The summed E-state index contributed by atoms with van der Waals surface area (Å²) in [5.74, 6) is 0.905. The van der Waals surface area contributed by atoms with Gasteiger partial charge in [0.05, 0.1) is 23.9 Å². The summed E-state index contributed by atoms with van der Waals surface area (Å²) < 4.78 is 52.3. The fourth-order valence-electron chi connectivity index (χ4n) is 3.71. The Labute approximate surface area is 191 Å². The second-order valence-corrected chi connectivity index (χ2v) is 7.66. The molecule has 0 radical (unpaired) electrons. The lowest BCUT2D eigenvalue weighted by atomic mass is 10.1. The van der Waals surface area contributed by atoms with Crippen molar-refractivity contribution in [2.75, 3.05) is 6.61 Å². The highest BCUT2D eigenvalue weighted by molar-refractivity contribution is 5.80. The van der Waals surface area contributed by atoms with Crippen molar-refractivity contribution in [3.8, 4) is 17.2 Å². The van der Waals surface area contributed by atoms with E-state index in [-0.39, 0.29) is 12.0 Å². The summed E-state index contributed by atoms with van der Waals surface area (Å²) in [6.07, 6.45) is -0.532. The van der Waals surface area contributed by atoms with E-state index in [4.69, 9.17) is 9.15 Å². The minimum Gasteiger partial charge on any atom is -0.493 e. The van der Waals surface area contributed by atoms with Crippen molar-refractivity contribution in [1.82, 2.24) is 9.38 Å². The first-order chi connectivity index (χ1) is 16.4. The molecule has 0 spiro atoms. The number of nitrogens with zero attached hydrogens (tertiary/aromatic N) is 3. The number of hydrogen-bond acceptors (Lipinski definition) is 5. The SMILES string of the molecule is O/N=c1/cc(-c2cc3cccn3cn2)oc2ccc(OCCc3cccc(C(F)(F)F)c3)cc12. The van der Waals surface area contributed by atoms with Gasteiger partial charge in [0.15, 0.2) is 5.76 Å². The van der Waals surface area contributed by atoms with E-state index in [1.807, 2.05) is 28.8 Å². The molecule has 0 fully saturated rings. The highest BCUT2D eigenvalue weighted by Crippen LogP contribution is 2.30. The van der Waals surface area contributed by atoms with Crippen LogP contribution in [0.25, 0.3) is 27.9 Å². The molecule has 1 N–H and O–H groups in total. The number of hydrogen-bond donors (Lipinski definition) is 1. The predicted octanol–water partition coefficient (Wildman–Crippen LogP) is 5.68. The second kappa shape index (κ2) is 8.58. The maximum Gasteiger partial charge on any atom is 0.416 e. The maximum absolute atomic E-state index is 12.9. The van der Waals surface area contributed by atoms with Crippen molar-refractivity contribution in [3.63, 3.8) is 0 Å². The zero-order chi connectivity index (χ0) is 23.7. The van der Waals surface area contributed by atoms with Crippen LogP contribution >= 0.6 is 0 Å². The van der Waals surface area contributed by atoms with Crippen LogP contribution in [0.2, 0.25) is 0 Å². The molecular formula is C25H18F3N3O3. The molecule has 3 heterocycles. The highest BCUT2D eigenvalue weighted by atomic mass is 19.4. The normalized spacial score (nSPS) is 12.5. The van der Waals surface area contributed by atoms with Gasteiger partial charge in [-0.3, -0.25) is 0 Å². The van der Waals surface area contributed by atoms with Crippen LogP contribution in [0, 0.1) is 0 Å². The monoisotopic (exact) mass is 465 g/mol. The summed E-state index contributed by atoms with van der Waals surface area (Å²) in [7, 11) is 0. The molecule has 9 heteroatoms. The van der Waals surface area contributed by atoms with Crippen molar-refractivity contribution in [1.29, 1.82) is 0 Å². The number of ether oxygens (including phenoxy) is 1. The second-order valence-electron chi connectivity index (χ2n) is 7.66. The number of benzene rings is 2. The Bertz CT molecular complexity index is 1550. The molecule has 0 aliphatic rings. The number of aromatic nitrogens is 2. The largest absolute Gasteiger partial charge is 0.493 e. The third kappa shape index (κ3) is 4.32. The minimum atomic E-state index is -4.38. The quantitative estimate of drug-likeness (QED) is 0.268. The van der Waals surface area contributed by atoms with Crippen molar-refractivity contribution in [2.24, 2.45) is 5.16 Å². The topological polar surface area (TPSA) is 72.3 Å². The standard InChI is InChI=1S/C25H18F3N3O3/c26-25(27,28)17-4-1-3-16(11-17)8-10-33-19-6-7-23-20(13-19)21(30-32)14-24(34-23)22-12-18-5-2-9-31(18)15-29-22/h1-7,9,11-15,32H,8,10H2/b30-21-. The summed E-state index contributed by atoms with van der Waals surface area (Å²) in [6, 6.07) is 17.5. The number of rotatable bonds is 5. The Morgan fingerprint density at radius 2 is 1.91 bits per heavy atom. The van der Waals surface area contributed by atoms with Crippen molar-refractivity contribution in [3.05, 3.63) is 95.7 Å². The van der Waals surface area contributed by atoms with Crippen LogP contribution in [0.3, 0.4) is 0 Å². The third-order valence-corrected chi connectivity index (χ3v) is 5.41. The van der Waals surface area contributed by atoms with Crippen LogP contribution in [0.1, 0.15) is 11.1 Å². The average molecular weight is 465 g/mol. The van der Waals surface area contributed by atoms with Gasteiger partial charge in [0.1, 0.15) is 22.4 Å². The van der Waals surface area contributed by atoms with Crippen LogP contribution in [-0.4, -0.2) is 21.2 Å². The summed E-state index contributed by atoms with van der Waals surface area (Å²) in [5, 5.41) is 13.8. The fraction of sp³-hybridized carbons (Fsp3) is 0.120. The molecule has 0 amide bonds. The lowest BCUT2D eigenvalue weighted by Crippen LogP contribution is -2.07. The molecule has 6 nitrogen and oxygen atoms in total. The zero-order valence-corrected chi connectivity index (χ0v) is 17.7. The van der Waals surface area contributed by atoms with E-state index in [0.29, 0.717) is 40.2 Å². The lowest BCUT2D eigenvalue weighted by Gasteiger charge is -2.10. The van der Waals surface area contributed by atoms with Gasteiger partial charge in [0.25, 0.3) is 0 Å². The van der Waals surface area contributed by atoms with Gasteiger partial charge in [0.2, 0.25) is 0 Å². The van der Waals surface area contributed by atoms with E-state index in [0.717, 1.165) is 17.6 Å². The Kier molecular flexibility index (Phi) is 5.45. The van der Waals surface area contributed by atoms with Crippen molar-refractivity contribution in [2.45, 2.75) is 12.6 Å². The van der Waals surface area contributed by atoms with Gasteiger partial charge in [-0.2, -0.15) is 13.2 Å². The summed E-state index contributed by atoms with van der Waals surface area (Å²) in [5.41, 5.74) is 1.82. The zero-order valence-electron chi connectivity index (χ0n) is 17.7. The molecule has 3 aromatic heterocycles. The first kappa shape index (κ1) is 21.6. The Morgan fingerprint density at radius 3 is 2.74 bits per heavy atom. The molecule has 0 aliphatic carbocycles.